The molecule has 2 aromatic heterocycles. The Labute approximate surface area is 380 Å². The molecule has 15 rings (SSSR count). The van der Waals surface area contributed by atoms with E-state index < -0.39 is 5.41 Å². The van der Waals surface area contributed by atoms with Gasteiger partial charge in [0.05, 0.1) is 22.1 Å². The van der Waals surface area contributed by atoms with E-state index in [9.17, 15) is 0 Å². The Bertz CT molecular complexity index is 4200. The van der Waals surface area contributed by atoms with Crippen molar-refractivity contribution in [2.45, 2.75) is 5.41 Å². The van der Waals surface area contributed by atoms with Crippen LogP contribution in [-0.2, 0) is 5.41 Å². The third-order valence-corrected chi connectivity index (χ3v) is 14.8. The SMILES string of the molecule is c1ccc2c(c1)-c1ccc(N(c3ccc4c(c3)oc3ccccc34)c3ccc4c5ccccc5n(-c5cccc6ccccc56)c4c3)cc1C21c2ccccc2-c2cccc3cccc1c23. The lowest BCUT2D eigenvalue weighted by Gasteiger charge is -2.40. The van der Waals surface area contributed by atoms with Crippen LogP contribution in [0.15, 0.2) is 235 Å². The summed E-state index contributed by atoms with van der Waals surface area (Å²) in [5.41, 5.74) is 18.2. The highest BCUT2D eigenvalue weighted by Crippen LogP contribution is 2.62. The molecule has 2 heterocycles. The van der Waals surface area contributed by atoms with Gasteiger partial charge in [-0.25, -0.2) is 0 Å². The summed E-state index contributed by atoms with van der Waals surface area (Å²) in [7, 11) is 0. The van der Waals surface area contributed by atoms with Crippen molar-refractivity contribution in [1.29, 1.82) is 0 Å². The van der Waals surface area contributed by atoms with Gasteiger partial charge in [-0.1, -0.05) is 170 Å². The molecule has 0 fully saturated rings. The number of anilines is 3. The summed E-state index contributed by atoms with van der Waals surface area (Å²) in [5, 5.41) is 9.68. The number of rotatable bonds is 4. The monoisotopic (exact) mass is 838 g/mol. The second kappa shape index (κ2) is 13.2. The van der Waals surface area contributed by atoms with Gasteiger partial charge in [-0.2, -0.15) is 0 Å². The molecule has 0 saturated heterocycles. The van der Waals surface area contributed by atoms with Crippen molar-refractivity contribution < 1.29 is 4.42 Å². The minimum atomic E-state index is -0.550. The minimum Gasteiger partial charge on any atom is -0.456 e. The molecule has 1 spiro atoms. The molecular formula is C63H38N2O. The van der Waals surface area contributed by atoms with Crippen molar-refractivity contribution in [2.24, 2.45) is 0 Å². The van der Waals surface area contributed by atoms with Crippen LogP contribution in [0.2, 0.25) is 0 Å². The third kappa shape index (κ3) is 4.66. The number of hydrogen-bond donors (Lipinski definition) is 0. The van der Waals surface area contributed by atoms with Crippen LogP contribution in [0, 0.1) is 0 Å². The number of aromatic nitrogens is 1. The molecule has 1 unspecified atom stereocenters. The normalized spacial score (nSPS) is 14.7. The fourth-order valence-corrected chi connectivity index (χ4v) is 12.1. The summed E-state index contributed by atoms with van der Waals surface area (Å²) in [6.07, 6.45) is 0. The zero-order valence-corrected chi connectivity index (χ0v) is 35.7. The Morgan fingerprint density at radius 1 is 0.333 bits per heavy atom. The van der Waals surface area contributed by atoms with Gasteiger partial charge in [-0.05, 0) is 115 Å². The molecule has 0 radical (unpaired) electrons. The van der Waals surface area contributed by atoms with Gasteiger partial charge in [-0.3, -0.25) is 0 Å². The van der Waals surface area contributed by atoms with E-state index in [4.69, 9.17) is 4.42 Å². The summed E-state index contributed by atoms with van der Waals surface area (Å²) in [6, 6.07) is 85.3. The van der Waals surface area contributed by atoms with E-state index in [0.29, 0.717) is 0 Å². The first-order valence-corrected chi connectivity index (χ1v) is 22.8. The number of para-hydroxylation sites is 2. The lowest BCUT2D eigenvalue weighted by atomic mass is 9.61. The topological polar surface area (TPSA) is 21.3 Å². The van der Waals surface area contributed by atoms with E-state index in [1.807, 2.05) is 6.07 Å². The van der Waals surface area contributed by atoms with Crippen molar-refractivity contribution in [3.63, 3.8) is 0 Å². The first-order chi connectivity index (χ1) is 32.7. The Hall–Kier alpha value is -8.66. The molecule has 0 amide bonds. The highest BCUT2D eigenvalue weighted by Gasteiger charge is 2.50. The highest BCUT2D eigenvalue weighted by molar-refractivity contribution is 6.13. The van der Waals surface area contributed by atoms with E-state index in [-0.39, 0.29) is 0 Å². The van der Waals surface area contributed by atoms with Gasteiger partial charge in [0, 0.05) is 50.1 Å². The molecule has 306 valence electrons. The number of fused-ring (bicyclic) bond motifs is 16. The van der Waals surface area contributed by atoms with Crippen molar-refractivity contribution in [1.82, 2.24) is 4.57 Å². The lowest BCUT2D eigenvalue weighted by molar-refractivity contribution is 0.669. The molecule has 3 nitrogen and oxygen atoms in total. The summed E-state index contributed by atoms with van der Waals surface area (Å²) in [6.45, 7) is 0. The molecule has 0 saturated carbocycles. The molecule has 2 aliphatic carbocycles. The fourth-order valence-electron chi connectivity index (χ4n) is 12.1. The quantitative estimate of drug-likeness (QED) is 0.176. The van der Waals surface area contributed by atoms with Crippen LogP contribution in [-0.4, -0.2) is 4.57 Å². The summed E-state index contributed by atoms with van der Waals surface area (Å²) >= 11 is 0. The minimum absolute atomic E-state index is 0.550. The average molecular weight is 839 g/mol. The molecule has 13 aromatic rings. The largest absolute Gasteiger partial charge is 0.456 e. The van der Waals surface area contributed by atoms with Crippen molar-refractivity contribution >= 4 is 82.4 Å². The Balaban J connectivity index is 1.03. The number of furan rings is 1. The van der Waals surface area contributed by atoms with E-state index in [2.05, 4.69) is 234 Å². The second-order valence-electron chi connectivity index (χ2n) is 17.9. The van der Waals surface area contributed by atoms with Crippen LogP contribution in [0.5, 0.6) is 0 Å². The highest BCUT2D eigenvalue weighted by atomic mass is 16.3. The first kappa shape index (κ1) is 35.8. The molecule has 0 aliphatic heterocycles. The number of nitrogens with zero attached hydrogens (tertiary/aromatic N) is 2. The molecule has 1 atom stereocenters. The van der Waals surface area contributed by atoms with Crippen LogP contribution in [0.25, 0.3) is 93.2 Å². The van der Waals surface area contributed by atoms with E-state index >= 15 is 0 Å². The van der Waals surface area contributed by atoms with Gasteiger partial charge >= 0.3 is 0 Å². The molecule has 3 heteroatoms. The standard InChI is InChI=1S/C63H38N2O/c1-2-18-44-39(14-1)15-13-28-57(44)65-58-27-9-5-21-48(58)49-34-31-42(37-59(49)65)64(43-32-35-51-50-22-6-10-29-60(50)66-61(51)38-43)41-30-33-47-45-19-3-7-24-53(45)63(56(47)36-41)54-25-8-4-20-46(54)52-23-11-16-40-17-12-26-55(63)62(40)52/h1-38H. The maximum absolute atomic E-state index is 6.62. The third-order valence-electron chi connectivity index (χ3n) is 14.8. The van der Waals surface area contributed by atoms with Gasteiger partial charge in [0.2, 0.25) is 0 Å². The lowest BCUT2D eigenvalue weighted by Crippen LogP contribution is -2.32. The van der Waals surface area contributed by atoms with E-state index in [1.165, 1.54) is 82.3 Å². The molecule has 2 aliphatic rings. The average Bonchev–Trinajstić information content (AvgIpc) is 4.01. The van der Waals surface area contributed by atoms with Gasteiger partial charge in [0.15, 0.2) is 0 Å². The van der Waals surface area contributed by atoms with Crippen molar-refractivity contribution in [2.75, 3.05) is 4.90 Å². The zero-order valence-electron chi connectivity index (χ0n) is 35.7. The van der Waals surface area contributed by atoms with Crippen LogP contribution in [0.4, 0.5) is 17.1 Å². The van der Waals surface area contributed by atoms with Gasteiger partial charge in [0.25, 0.3) is 0 Å². The molecular weight excluding hydrogens is 801 g/mol. The van der Waals surface area contributed by atoms with Crippen molar-refractivity contribution in [3.05, 3.63) is 253 Å². The fraction of sp³-hybridized carbons (Fsp3) is 0.0159. The van der Waals surface area contributed by atoms with E-state index in [0.717, 1.165) is 50.2 Å². The van der Waals surface area contributed by atoms with Crippen LogP contribution >= 0.6 is 0 Å². The predicted octanol–water partition coefficient (Wildman–Crippen LogP) is 16.8. The Kier molecular flexibility index (Phi) is 7.15. The molecule has 11 aromatic carbocycles. The van der Waals surface area contributed by atoms with Crippen LogP contribution in [0.3, 0.4) is 0 Å². The summed E-state index contributed by atoms with van der Waals surface area (Å²) in [4.78, 5) is 2.44. The van der Waals surface area contributed by atoms with Crippen molar-refractivity contribution in [3.8, 4) is 27.9 Å². The van der Waals surface area contributed by atoms with Crippen LogP contribution in [0.1, 0.15) is 22.3 Å². The maximum atomic E-state index is 6.62. The maximum Gasteiger partial charge on any atom is 0.137 e. The van der Waals surface area contributed by atoms with Gasteiger partial charge in [-0.15, -0.1) is 0 Å². The zero-order chi connectivity index (χ0) is 43.1. The second-order valence-corrected chi connectivity index (χ2v) is 17.9. The Morgan fingerprint density at radius 2 is 0.879 bits per heavy atom. The number of benzene rings is 11. The van der Waals surface area contributed by atoms with E-state index in [1.54, 1.807) is 0 Å². The molecule has 66 heavy (non-hydrogen) atoms. The first-order valence-electron chi connectivity index (χ1n) is 22.8. The molecule has 0 N–H and O–H groups in total. The molecule has 0 bridgehead atoms. The van der Waals surface area contributed by atoms with Gasteiger partial charge in [0.1, 0.15) is 11.2 Å². The predicted molar refractivity (Wildman–Crippen MR) is 274 cm³/mol. The summed E-state index contributed by atoms with van der Waals surface area (Å²) < 4.78 is 9.08. The van der Waals surface area contributed by atoms with Crippen LogP contribution < -0.4 is 4.90 Å². The number of hydrogen-bond acceptors (Lipinski definition) is 2. The Morgan fingerprint density at radius 3 is 1.74 bits per heavy atom. The smallest absolute Gasteiger partial charge is 0.137 e. The summed E-state index contributed by atoms with van der Waals surface area (Å²) in [5.74, 6) is 0. The van der Waals surface area contributed by atoms with Gasteiger partial charge < -0.3 is 13.9 Å².